The fourth-order valence-electron chi connectivity index (χ4n) is 3.16. The van der Waals surface area contributed by atoms with Gasteiger partial charge in [-0.05, 0) is 54.1 Å². The van der Waals surface area contributed by atoms with Gasteiger partial charge >= 0.3 is 0 Å². The molecule has 1 N–H and O–H groups in total. The predicted octanol–water partition coefficient (Wildman–Crippen LogP) is 4.21. The smallest absolute Gasteiger partial charge is 0.123 e. The van der Waals surface area contributed by atoms with Gasteiger partial charge in [0.15, 0.2) is 0 Å². The van der Waals surface area contributed by atoms with Crippen LogP contribution in [-0.2, 0) is 6.42 Å². The number of hydrogen-bond donors (Lipinski definition) is 1. The second-order valence-electron chi connectivity index (χ2n) is 5.50. The van der Waals surface area contributed by atoms with E-state index in [9.17, 15) is 4.39 Å². The number of hydrogen-bond acceptors (Lipinski definition) is 1. The van der Waals surface area contributed by atoms with Crippen LogP contribution in [0.5, 0.6) is 0 Å². The standard InChI is InChI=1S/C18H20FN/c1-2-20-18(14-7-5-8-16(19)11-14)12-15-10-13-6-3-4-9-17(13)15/h3-9,11,15,18,20H,2,10,12H2,1H3. The molecule has 2 unspecified atom stereocenters. The van der Waals surface area contributed by atoms with E-state index in [-0.39, 0.29) is 11.9 Å². The second kappa shape index (κ2) is 5.76. The SMILES string of the molecule is CCNC(CC1Cc2ccccc21)c1cccc(F)c1. The van der Waals surface area contributed by atoms with Crippen molar-refractivity contribution < 1.29 is 4.39 Å². The molecule has 0 aromatic heterocycles. The molecule has 0 spiro atoms. The fraction of sp³-hybridized carbons (Fsp3) is 0.333. The Balaban J connectivity index is 1.76. The Bertz CT molecular complexity index is 593. The molecule has 0 fully saturated rings. The van der Waals surface area contributed by atoms with Crippen molar-refractivity contribution in [2.75, 3.05) is 6.54 Å². The Kier molecular flexibility index (Phi) is 3.83. The first-order valence-corrected chi connectivity index (χ1v) is 7.34. The molecule has 0 saturated carbocycles. The van der Waals surface area contributed by atoms with E-state index in [0.717, 1.165) is 24.9 Å². The molecule has 0 heterocycles. The van der Waals surface area contributed by atoms with Gasteiger partial charge in [-0.3, -0.25) is 0 Å². The third-order valence-corrected chi connectivity index (χ3v) is 4.18. The Morgan fingerprint density at radius 1 is 1.20 bits per heavy atom. The summed E-state index contributed by atoms with van der Waals surface area (Å²) in [6, 6.07) is 15.8. The van der Waals surface area contributed by atoms with Crippen LogP contribution in [0, 0.1) is 5.82 Å². The maximum atomic E-state index is 13.4. The topological polar surface area (TPSA) is 12.0 Å². The summed E-state index contributed by atoms with van der Waals surface area (Å²) in [7, 11) is 0. The summed E-state index contributed by atoms with van der Waals surface area (Å²) < 4.78 is 13.4. The van der Waals surface area contributed by atoms with Crippen molar-refractivity contribution in [1.82, 2.24) is 5.32 Å². The molecule has 0 aliphatic heterocycles. The second-order valence-corrected chi connectivity index (χ2v) is 5.50. The third kappa shape index (κ3) is 2.61. The van der Waals surface area contributed by atoms with E-state index in [1.54, 1.807) is 12.1 Å². The molecule has 1 aliphatic rings. The zero-order chi connectivity index (χ0) is 13.9. The molecule has 2 atom stereocenters. The molecule has 20 heavy (non-hydrogen) atoms. The average molecular weight is 269 g/mol. The molecule has 2 aromatic carbocycles. The zero-order valence-electron chi connectivity index (χ0n) is 11.8. The van der Waals surface area contributed by atoms with E-state index in [1.165, 1.54) is 17.2 Å². The van der Waals surface area contributed by atoms with E-state index in [4.69, 9.17) is 0 Å². The molecule has 1 aliphatic carbocycles. The summed E-state index contributed by atoms with van der Waals surface area (Å²) in [6.45, 7) is 3.00. The minimum atomic E-state index is -0.153. The lowest BCUT2D eigenvalue weighted by molar-refractivity contribution is 0.434. The molecular weight excluding hydrogens is 249 g/mol. The highest BCUT2D eigenvalue weighted by molar-refractivity contribution is 5.40. The summed E-state index contributed by atoms with van der Waals surface area (Å²) in [5.74, 6) is 0.443. The maximum absolute atomic E-state index is 13.4. The van der Waals surface area contributed by atoms with Gasteiger partial charge in [0.05, 0.1) is 0 Å². The largest absolute Gasteiger partial charge is 0.310 e. The molecular formula is C18H20FN. The Labute approximate surface area is 119 Å². The lowest BCUT2D eigenvalue weighted by Crippen LogP contribution is -2.27. The first kappa shape index (κ1) is 13.3. The van der Waals surface area contributed by atoms with Crippen LogP contribution in [0.4, 0.5) is 4.39 Å². The summed E-state index contributed by atoms with van der Waals surface area (Å²) in [5, 5.41) is 3.49. The normalized spacial score (nSPS) is 18.2. The summed E-state index contributed by atoms with van der Waals surface area (Å²) in [4.78, 5) is 0. The maximum Gasteiger partial charge on any atom is 0.123 e. The van der Waals surface area contributed by atoms with Crippen LogP contribution >= 0.6 is 0 Å². The van der Waals surface area contributed by atoms with Crippen LogP contribution in [-0.4, -0.2) is 6.54 Å². The van der Waals surface area contributed by atoms with Crippen molar-refractivity contribution in [1.29, 1.82) is 0 Å². The number of benzene rings is 2. The molecule has 2 heteroatoms. The molecule has 0 radical (unpaired) electrons. The number of rotatable bonds is 5. The molecule has 0 bridgehead atoms. The first-order valence-electron chi connectivity index (χ1n) is 7.34. The summed E-state index contributed by atoms with van der Waals surface area (Å²) in [6.07, 6.45) is 2.18. The Hall–Kier alpha value is -1.67. The highest BCUT2D eigenvalue weighted by atomic mass is 19.1. The highest BCUT2D eigenvalue weighted by Crippen LogP contribution is 2.40. The van der Waals surface area contributed by atoms with Gasteiger partial charge in [-0.15, -0.1) is 0 Å². The van der Waals surface area contributed by atoms with Gasteiger partial charge in [-0.2, -0.15) is 0 Å². The molecule has 0 amide bonds. The van der Waals surface area contributed by atoms with Gasteiger partial charge < -0.3 is 5.32 Å². The monoisotopic (exact) mass is 269 g/mol. The minimum Gasteiger partial charge on any atom is -0.310 e. The van der Waals surface area contributed by atoms with Gasteiger partial charge in [0.1, 0.15) is 5.82 Å². The van der Waals surface area contributed by atoms with Crippen molar-refractivity contribution in [3.8, 4) is 0 Å². The zero-order valence-corrected chi connectivity index (χ0v) is 11.8. The molecule has 2 aromatic rings. The Morgan fingerprint density at radius 3 is 2.80 bits per heavy atom. The molecule has 0 saturated heterocycles. The van der Waals surface area contributed by atoms with Crippen LogP contribution in [0.3, 0.4) is 0 Å². The lowest BCUT2D eigenvalue weighted by Gasteiger charge is -2.33. The first-order chi connectivity index (χ1) is 9.78. The van der Waals surface area contributed by atoms with E-state index in [2.05, 4.69) is 36.5 Å². The third-order valence-electron chi connectivity index (χ3n) is 4.18. The fourth-order valence-corrected chi connectivity index (χ4v) is 3.16. The van der Waals surface area contributed by atoms with Crippen LogP contribution < -0.4 is 5.32 Å². The van der Waals surface area contributed by atoms with Crippen molar-refractivity contribution in [3.63, 3.8) is 0 Å². The number of fused-ring (bicyclic) bond motifs is 1. The molecule has 104 valence electrons. The van der Waals surface area contributed by atoms with Gasteiger partial charge in [0.25, 0.3) is 0 Å². The molecule has 1 nitrogen and oxygen atoms in total. The van der Waals surface area contributed by atoms with Gasteiger partial charge in [-0.25, -0.2) is 4.39 Å². The van der Waals surface area contributed by atoms with E-state index in [0.29, 0.717) is 5.92 Å². The van der Waals surface area contributed by atoms with Gasteiger partial charge in [-0.1, -0.05) is 43.3 Å². The quantitative estimate of drug-likeness (QED) is 0.857. The lowest BCUT2D eigenvalue weighted by atomic mass is 9.74. The highest BCUT2D eigenvalue weighted by Gasteiger charge is 2.28. The van der Waals surface area contributed by atoms with Crippen LogP contribution in [0.25, 0.3) is 0 Å². The van der Waals surface area contributed by atoms with E-state index in [1.807, 2.05) is 6.07 Å². The van der Waals surface area contributed by atoms with Crippen LogP contribution in [0.1, 0.15) is 42.0 Å². The average Bonchev–Trinajstić information content (AvgIpc) is 2.43. The van der Waals surface area contributed by atoms with Crippen molar-refractivity contribution in [2.24, 2.45) is 0 Å². The van der Waals surface area contributed by atoms with Gasteiger partial charge in [0, 0.05) is 6.04 Å². The van der Waals surface area contributed by atoms with Crippen molar-refractivity contribution >= 4 is 0 Å². The van der Waals surface area contributed by atoms with Crippen molar-refractivity contribution in [3.05, 3.63) is 71.0 Å². The molecule has 3 rings (SSSR count). The van der Waals surface area contributed by atoms with E-state index < -0.39 is 0 Å². The van der Waals surface area contributed by atoms with E-state index >= 15 is 0 Å². The predicted molar refractivity (Wildman–Crippen MR) is 80.3 cm³/mol. The van der Waals surface area contributed by atoms with Crippen LogP contribution in [0.15, 0.2) is 48.5 Å². The summed E-state index contributed by atoms with van der Waals surface area (Å²) >= 11 is 0. The Morgan fingerprint density at radius 2 is 2.05 bits per heavy atom. The van der Waals surface area contributed by atoms with Crippen LogP contribution in [0.2, 0.25) is 0 Å². The van der Waals surface area contributed by atoms with Crippen molar-refractivity contribution in [2.45, 2.75) is 31.7 Å². The number of halogens is 1. The van der Waals surface area contributed by atoms with Gasteiger partial charge in [0.2, 0.25) is 0 Å². The number of nitrogens with one attached hydrogen (secondary N) is 1. The minimum absolute atomic E-state index is 0.153. The summed E-state index contributed by atoms with van der Waals surface area (Å²) in [5.41, 5.74) is 3.98.